The highest BCUT2D eigenvalue weighted by atomic mass is 16.5. The van der Waals surface area contributed by atoms with Gasteiger partial charge in [-0.15, -0.1) is 0 Å². The van der Waals surface area contributed by atoms with E-state index in [-0.39, 0.29) is 5.41 Å². The van der Waals surface area contributed by atoms with Gasteiger partial charge in [-0.05, 0) is 49.6 Å². The molecule has 2 aliphatic heterocycles. The van der Waals surface area contributed by atoms with Crippen LogP contribution in [0.25, 0.3) is 0 Å². The van der Waals surface area contributed by atoms with Gasteiger partial charge in [0, 0.05) is 24.2 Å². The van der Waals surface area contributed by atoms with E-state index in [2.05, 4.69) is 68.1 Å². The van der Waals surface area contributed by atoms with E-state index in [1.54, 1.807) is 0 Å². The molecule has 4 rings (SSSR count). The van der Waals surface area contributed by atoms with Crippen LogP contribution in [-0.4, -0.2) is 43.9 Å². The molecule has 1 aliphatic carbocycles. The lowest BCUT2D eigenvalue weighted by Gasteiger charge is -2.38. The van der Waals surface area contributed by atoms with Crippen LogP contribution in [0.1, 0.15) is 31.4 Å². The number of rotatable bonds is 2. The zero-order valence-corrected chi connectivity index (χ0v) is 15.7. The lowest BCUT2D eigenvalue weighted by molar-refractivity contribution is 0.0728. The Hall–Kier alpha value is -1.78. The number of benzene rings is 1. The first-order valence-corrected chi connectivity index (χ1v) is 9.11. The van der Waals surface area contributed by atoms with E-state index in [1.165, 1.54) is 16.7 Å². The van der Waals surface area contributed by atoms with Gasteiger partial charge >= 0.3 is 0 Å². The van der Waals surface area contributed by atoms with Crippen LogP contribution in [0.3, 0.4) is 0 Å². The van der Waals surface area contributed by atoms with Crippen LogP contribution in [0.5, 0.6) is 5.75 Å². The summed E-state index contributed by atoms with van der Waals surface area (Å²) in [4.78, 5) is 4.41. The Kier molecular flexibility index (Phi) is 4.13. The summed E-state index contributed by atoms with van der Waals surface area (Å²) in [5.41, 5.74) is 4.07. The molecule has 3 aliphatic rings. The molecule has 1 aromatic rings. The van der Waals surface area contributed by atoms with Crippen molar-refractivity contribution in [1.29, 1.82) is 0 Å². The fourth-order valence-corrected chi connectivity index (χ4v) is 4.03. The van der Waals surface area contributed by atoms with Crippen LogP contribution in [0.2, 0.25) is 0 Å². The van der Waals surface area contributed by atoms with Crippen LogP contribution in [-0.2, 0) is 16.7 Å². The van der Waals surface area contributed by atoms with Crippen molar-refractivity contribution >= 4 is 0 Å². The molecule has 4 heteroatoms. The minimum Gasteiger partial charge on any atom is -0.478 e. The lowest BCUT2D eigenvalue weighted by Crippen LogP contribution is -2.35. The summed E-state index contributed by atoms with van der Waals surface area (Å²) < 4.78 is 11.7. The van der Waals surface area contributed by atoms with Crippen LogP contribution in [0.4, 0.5) is 0 Å². The Balaban J connectivity index is 1.62. The van der Waals surface area contributed by atoms with E-state index in [0.29, 0.717) is 19.4 Å². The molecule has 2 heterocycles. The molecule has 1 unspecified atom stereocenters. The number of hydrogen-bond acceptors (Lipinski definition) is 4. The fraction of sp³-hybridized carbons (Fsp3) is 0.524. The minimum absolute atomic E-state index is 0.0656. The van der Waals surface area contributed by atoms with Gasteiger partial charge in [-0.2, -0.15) is 0 Å². The van der Waals surface area contributed by atoms with Gasteiger partial charge in [0.25, 0.3) is 0 Å². The number of likely N-dealkylation sites (N-methyl/N-ethyl adjacent to an activating group) is 1. The third-order valence-electron chi connectivity index (χ3n) is 5.77. The van der Waals surface area contributed by atoms with Gasteiger partial charge in [0.15, 0.2) is 0 Å². The molecule has 0 radical (unpaired) electrons. The summed E-state index contributed by atoms with van der Waals surface area (Å²) in [6, 6.07) is 6.73. The second kappa shape index (κ2) is 6.19. The predicted octanol–water partition coefficient (Wildman–Crippen LogP) is 3.50. The van der Waals surface area contributed by atoms with Gasteiger partial charge in [0.05, 0.1) is 0 Å². The quantitative estimate of drug-likeness (QED) is 0.823. The van der Waals surface area contributed by atoms with Crippen molar-refractivity contribution in [3.05, 3.63) is 52.8 Å². The van der Waals surface area contributed by atoms with Crippen molar-refractivity contribution in [3.63, 3.8) is 0 Å². The van der Waals surface area contributed by atoms with E-state index in [4.69, 9.17) is 9.47 Å². The van der Waals surface area contributed by atoms with Crippen molar-refractivity contribution in [1.82, 2.24) is 9.80 Å². The Morgan fingerprint density at radius 2 is 1.80 bits per heavy atom. The summed E-state index contributed by atoms with van der Waals surface area (Å²) in [7, 11) is 4.20. The standard InChI is InChI=1S/C21H28N2O2/c1-21(2,17-5-7-19-15(9-17)11-22(3)13-24-19)18-6-8-20-16(10-18)12-23(4)14-25-20/h5,7-10,18H,6,11-14H2,1-4H3. The van der Waals surface area contributed by atoms with Gasteiger partial charge < -0.3 is 9.47 Å². The van der Waals surface area contributed by atoms with Gasteiger partial charge in [0.2, 0.25) is 0 Å². The normalized spacial score (nSPS) is 24.4. The molecule has 1 atom stereocenters. The number of ether oxygens (including phenoxy) is 2. The van der Waals surface area contributed by atoms with Gasteiger partial charge in [-0.1, -0.05) is 32.1 Å². The SMILES string of the molecule is CN1COC2=CCC(C(C)(C)c3ccc4c(c3)CN(C)CO4)C=C2C1. The predicted molar refractivity (Wildman–Crippen MR) is 99.3 cm³/mol. The first-order valence-electron chi connectivity index (χ1n) is 9.11. The largest absolute Gasteiger partial charge is 0.478 e. The van der Waals surface area contributed by atoms with Crippen molar-refractivity contribution in [2.24, 2.45) is 5.92 Å². The highest BCUT2D eigenvalue weighted by Crippen LogP contribution is 2.41. The van der Waals surface area contributed by atoms with Crippen molar-refractivity contribution < 1.29 is 9.47 Å². The maximum absolute atomic E-state index is 5.84. The minimum atomic E-state index is 0.0656. The molecule has 0 bridgehead atoms. The molecule has 1 aromatic carbocycles. The molecular formula is C21H28N2O2. The summed E-state index contributed by atoms with van der Waals surface area (Å²) in [6.07, 6.45) is 5.75. The maximum Gasteiger partial charge on any atom is 0.142 e. The Labute approximate surface area is 150 Å². The van der Waals surface area contributed by atoms with E-state index in [0.717, 1.165) is 31.0 Å². The third kappa shape index (κ3) is 3.09. The highest BCUT2D eigenvalue weighted by molar-refractivity contribution is 5.43. The van der Waals surface area contributed by atoms with E-state index in [1.807, 2.05) is 0 Å². The van der Waals surface area contributed by atoms with Gasteiger partial charge in [0.1, 0.15) is 25.0 Å². The van der Waals surface area contributed by atoms with Crippen molar-refractivity contribution in [2.75, 3.05) is 34.1 Å². The maximum atomic E-state index is 5.84. The second-order valence-corrected chi connectivity index (χ2v) is 8.22. The van der Waals surface area contributed by atoms with Gasteiger partial charge in [-0.25, -0.2) is 0 Å². The van der Waals surface area contributed by atoms with Crippen LogP contribution >= 0.6 is 0 Å². The number of nitrogens with zero attached hydrogens (tertiary/aromatic N) is 2. The third-order valence-corrected chi connectivity index (χ3v) is 5.77. The number of hydrogen-bond donors (Lipinski definition) is 0. The molecule has 0 saturated carbocycles. The second-order valence-electron chi connectivity index (χ2n) is 8.22. The summed E-state index contributed by atoms with van der Waals surface area (Å²) in [5, 5.41) is 0. The topological polar surface area (TPSA) is 24.9 Å². The van der Waals surface area contributed by atoms with E-state index in [9.17, 15) is 0 Å². The Bertz CT molecular complexity index is 735. The molecule has 134 valence electrons. The van der Waals surface area contributed by atoms with E-state index >= 15 is 0 Å². The summed E-state index contributed by atoms with van der Waals surface area (Å²) in [5.74, 6) is 2.59. The molecule has 0 N–H and O–H groups in total. The lowest BCUT2D eigenvalue weighted by atomic mass is 9.69. The smallest absolute Gasteiger partial charge is 0.142 e. The van der Waals surface area contributed by atoms with Gasteiger partial charge in [-0.3, -0.25) is 9.80 Å². The molecule has 25 heavy (non-hydrogen) atoms. The van der Waals surface area contributed by atoms with Crippen LogP contribution in [0, 0.1) is 5.92 Å². The molecular weight excluding hydrogens is 312 g/mol. The fourth-order valence-electron chi connectivity index (χ4n) is 4.03. The van der Waals surface area contributed by atoms with E-state index < -0.39 is 0 Å². The highest BCUT2D eigenvalue weighted by Gasteiger charge is 2.34. The number of allylic oxidation sites excluding steroid dienone is 2. The van der Waals surface area contributed by atoms with Crippen molar-refractivity contribution in [3.8, 4) is 5.75 Å². The Morgan fingerprint density at radius 3 is 2.64 bits per heavy atom. The van der Waals surface area contributed by atoms with Crippen LogP contribution in [0.15, 0.2) is 41.7 Å². The molecule has 1 saturated heterocycles. The molecule has 0 aromatic heterocycles. The Morgan fingerprint density at radius 1 is 1.04 bits per heavy atom. The summed E-state index contributed by atoms with van der Waals surface area (Å²) in [6.45, 7) is 8.00. The molecule has 1 fully saturated rings. The summed E-state index contributed by atoms with van der Waals surface area (Å²) >= 11 is 0. The average Bonchev–Trinajstić information content (AvgIpc) is 2.60. The number of fused-ring (bicyclic) bond motifs is 2. The first-order chi connectivity index (χ1) is 11.9. The van der Waals surface area contributed by atoms with Crippen LogP contribution < -0.4 is 4.74 Å². The molecule has 0 spiro atoms. The van der Waals surface area contributed by atoms with Crippen molar-refractivity contribution in [2.45, 2.75) is 32.2 Å². The zero-order valence-electron chi connectivity index (χ0n) is 15.7. The average molecular weight is 340 g/mol. The zero-order chi connectivity index (χ0) is 17.6. The monoisotopic (exact) mass is 340 g/mol. The molecule has 0 amide bonds. The molecule has 4 nitrogen and oxygen atoms in total. The first kappa shape index (κ1) is 16.7.